The van der Waals surface area contributed by atoms with Crippen molar-refractivity contribution in [2.24, 2.45) is 5.73 Å². The first-order valence-electron chi connectivity index (χ1n) is 7.77. The number of primary amides is 1. The summed E-state index contributed by atoms with van der Waals surface area (Å²) in [6.45, 7) is 0.627. The highest BCUT2D eigenvalue weighted by Crippen LogP contribution is 2.16. The summed E-state index contributed by atoms with van der Waals surface area (Å²) in [7, 11) is 0. The Kier molecular flexibility index (Phi) is 4.69. The van der Waals surface area contributed by atoms with Crippen LogP contribution in [-0.4, -0.2) is 11.9 Å². The second-order valence-electron chi connectivity index (χ2n) is 5.71. The lowest BCUT2D eigenvalue weighted by atomic mass is 10.0. The molecule has 1 amide bonds. The summed E-state index contributed by atoms with van der Waals surface area (Å²) in [6.07, 6.45) is 0.590. The number of amides is 1. The molecule has 0 saturated carbocycles. The van der Waals surface area contributed by atoms with Crippen LogP contribution in [0.1, 0.15) is 11.1 Å². The van der Waals surface area contributed by atoms with Crippen molar-refractivity contribution in [3.8, 4) is 0 Å². The topological polar surface area (TPSA) is 55.1 Å². The van der Waals surface area contributed by atoms with Gasteiger partial charge in [-0.05, 0) is 28.3 Å². The SMILES string of the molecule is NC(=O)[C@H](Cc1ccc2ccccc2c1)NCc1ccccc1. The minimum atomic E-state index is -0.378. The van der Waals surface area contributed by atoms with Gasteiger partial charge in [-0.2, -0.15) is 0 Å². The molecule has 1 atom stereocenters. The molecule has 3 heteroatoms. The van der Waals surface area contributed by atoms with Crippen LogP contribution in [0.2, 0.25) is 0 Å². The number of nitrogens with two attached hydrogens (primary N) is 1. The average molecular weight is 304 g/mol. The molecular formula is C20H20N2O. The van der Waals surface area contributed by atoms with Crippen LogP contribution in [0.15, 0.2) is 72.8 Å². The molecule has 3 N–H and O–H groups in total. The Morgan fingerprint density at radius 2 is 1.57 bits per heavy atom. The highest BCUT2D eigenvalue weighted by Gasteiger charge is 2.15. The number of hydrogen-bond acceptors (Lipinski definition) is 2. The van der Waals surface area contributed by atoms with E-state index in [4.69, 9.17) is 5.73 Å². The second kappa shape index (κ2) is 7.07. The van der Waals surface area contributed by atoms with Crippen molar-refractivity contribution in [2.75, 3.05) is 0 Å². The zero-order valence-corrected chi connectivity index (χ0v) is 12.9. The van der Waals surface area contributed by atoms with E-state index >= 15 is 0 Å². The van der Waals surface area contributed by atoms with Gasteiger partial charge in [0.2, 0.25) is 5.91 Å². The van der Waals surface area contributed by atoms with Crippen LogP contribution >= 0.6 is 0 Å². The first-order valence-corrected chi connectivity index (χ1v) is 7.77. The number of nitrogens with one attached hydrogen (secondary N) is 1. The van der Waals surface area contributed by atoms with Gasteiger partial charge in [-0.1, -0.05) is 72.8 Å². The number of carbonyl (C=O) groups is 1. The average Bonchev–Trinajstić information content (AvgIpc) is 2.59. The van der Waals surface area contributed by atoms with Gasteiger partial charge in [0, 0.05) is 6.54 Å². The van der Waals surface area contributed by atoms with Gasteiger partial charge >= 0.3 is 0 Å². The van der Waals surface area contributed by atoms with E-state index in [1.54, 1.807) is 0 Å². The van der Waals surface area contributed by atoms with Gasteiger partial charge in [-0.15, -0.1) is 0 Å². The van der Waals surface area contributed by atoms with Crippen molar-refractivity contribution in [1.82, 2.24) is 5.32 Å². The smallest absolute Gasteiger partial charge is 0.234 e. The lowest BCUT2D eigenvalue weighted by Crippen LogP contribution is -2.42. The van der Waals surface area contributed by atoms with Crippen LogP contribution in [0.5, 0.6) is 0 Å². The molecule has 0 radical (unpaired) electrons. The Balaban J connectivity index is 1.72. The number of hydrogen-bond donors (Lipinski definition) is 2. The molecule has 0 aliphatic heterocycles. The van der Waals surface area contributed by atoms with E-state index < -0.39 is 0 Å². The van der Waals surface area contributed by atoms with Crippen LogP contribution < -0.4 is 11.1 Å². The molecule has 0 heterocycles. The largest absolute Gasteiger partial charge is 0.368 e. The predicted molar refractivity (Wildman–Crippen MR) is 93.9 cm³/mol. The van der Waals surface area contributed by atoms with Crippen LogP contribution in [-0.2, 0) is 17.8 Å². The molecule has 0 bridgehead atoms. The molecule has 0 saturated heterocycles. The van der Waals surface area contributed by atoms with Crippen LogP contribution in [0.3, 0.4) is 0 Å². The molecule has 0 spiro atoms. The lowest BCUT2D eigenvalue weighted by molar-refractivity contribution is -0.120. The number of carbonyl (C=O) groups excluding carboxylic acids is 1. The number of fused-ring (bicyclic) bond motifs is 1. The molecule has 3 rings (SSSR count). The fourth-order valence-corrected chi connectivity index (χ4v) is 2.71. The van der Waals surface area contributed by atoms with Crippen molar-refractivity contribution >= 4 is 16.7 Å². The van der Waals surface area contributed by atoms with E-state index in [9.17, 15) is 4.79 Å². The van der Waals surface area contributed by atoms with E-state index in [1.807, 2.05) is 42.5 Å². The first-order chi connectivity index (χ1) is 11.2. The summed E-state index contributed by atoms with van der Waals surface area (Å²) in [5.74, 6) is -0.325. The standard InChI is InChI=1S/C20H20N2O/c21-20(23)19(22-14-15-6-2-1-3-7-15)13-16-10-11-17-8-4-5-9-18(17)12-16/h1-12,19,22H,13-14H2,(H2,21,23)/t19-/m0/s1. The first kappa shape index (κ1) is 15.3. The fraction of sp³-hybridized carbons (Fsp3) is 0.150. The van der Waals surface area contributed by atoms with Gasteiger partial charge in [0.25, 0.3) is 0 Å². The number of benzene rings is 3. The Hall–Kier alpha value is -2.65. The summed E-state index contributed by atoms with van der Waals surface area (Å²) in [5.41, 5.74) is 7.80. The summed E-state index contributed by atoms with van der Waals surface area (Å²) < 4.78 is 0. The molecule has 23 heavy (non-hydrogen) atoms. The third-order valence-corrected chi connectivity index (χ3v) is 3.99. The predicted octanol–water partition coefficient (Wildman–Crippen LogP) is 3.03. The molecule has 0 aromatic heterocycles. The molecule has 116 valence electrons. The molecule has 0 aliphatic rings. The maximum absolute atomic E-state index is 11.7. The Morgan fingerprint density at radius 1 is 0.870 bits per heavy atom. The van der Waals surface area contributed by atoms with Crippen molar-refractivity contribution in [2.45, 2.75) is 19.0 Å². The van der Waals surface area contributed by atoms with E-state index in [0.717, 1.165) is 11.1 Å². The van der Waals surface area contributed by atoms with Gasteiger partial charge in [0.1, 0.15) is 0 Å². The molecule has 3 aromatic rings. The van der Waals surface area contributed by atoms with Crippen molar-refractivity contribution < 1.29 is 4.79 Å². The quantitative estimate of drug-likeness (QED) is 0.735. The van der Waals surface area contributed by atoms with Crippen molar-refractivity contribution in [1.29, 1.82) is 0 Å². The maximum atomic E-state index is 11.7. The van der Waals surface area contributed by atoms with Gasteiger partial charge < -0.3 is 11.1 Å². The minimum Gasteiger partial charge on any atom is -0.368 e. The maximum Gasteiger partial charge on any atom is 0.234 e. The summed E-state index contributed by atoms with van der Waals surface area (Å²) in [5, 5.41) is 5.63. The third kappa shape index (κ3) is 3.96. The second-order valence-corrected chi connectivity index (χ2v) is 5.71. The van der Waals surface area contributed by atoms with E-state index in [1.165, 1.54) is 10.8 Å². The number of rotatable bonds is 6. The Labute approximate surface area is 136 Å². The summed E-state index contributed by atoms with van der Waals surface area (Å²) >= 11 is 0. The summed E-state index contributed by atoms with van der Waals surface area (Å²) in [4.78, 5) is 11.7. The third-order valence-electron chi connectivity index (χ3n) is 3.99. The van der Waals surface area contributed by atoms with Gasteiger partial charge in [0.05, 0.1) is 6.04 Å². The monoisotopic (exact) mass is 304 g/mol. The van der Waals surface area contributed by atoms with E-state index in [-0.39, 0.29) is 11.9 Å². The van der Waals surface area contributed by atoms with Gasteiger partial charge in [-0.25, -0.2) is 0 Å². The molecule has 3 aromatic carbocycles. The van der Waals surface area contributed by atoms with Crippen LogP contribution in [0.4, 0.5) is 0 Å². The van der Waals surface area contributed by atoms with Crippen molar-refractivity contribution in [3.05, 3.63) is 83.9 Å². The lowest BCUT2D eigenvalue weighted by Gasteiger charge is -2.16. The molecule has 0 aliphatic carbocycles. The van der Waals surface area contributed by atoms with Gasteiger partial charge in [0.15, 0.2) is 0 Å². The van der Waals surface area contributed by atoms with E-state index in [0.29, 0.717) is 13.0 Å². The highest BCUT2D eigenvalue weighted by atomic mass is 16.1. The Morgan fingerprint density at radius 3 is 2.30 bits per heavy atom. The normalized spacial score (nSPS) is 12.2. The Bertz CT molecular complexity index is 799. The summed E-state index contributed by atoms with van der Waals surface area (Å²) in [6, 6.07) is 24.1. The zero-order valence-electron chi connectivity index (χ0n) is 12.9. The van der Waals surface area contributed by atoms with Crippen LogP contribution in [0, 0.1) is 0 Å². The molecule has 3 nitrogen and oxygen atoms in total. The zero-order chi connectivity index (χ0) is 16.1. The van der Waals surface area contributed by atoms with Gasteiger partial charge in [-0.3, -0.25) is 4.79 Å². The molecule has 0 unspecified atom stereocenters. The van der Waals surface area contributed by atoms with Crippen molar-refractivity contribution in [3.63, 3.8) is 0 Å². The van der Waals surface area contributed by atoms with E-state index in [2.05, 4.69) is 35.6 Å². The fourth-order valence-electron chi connectivity index (χ4n) is 2.71. The van der Waals surface area contributed by atoms with Crippen LogP contribution in [0.25, 0.3) is 10.8 Å². The molecule has 0 fully saturated rings. The minimum absolute atomic E-state index is 0.325. The highest BCUT2D eigenvalue weighted by molar-refractivity contribution is 5.84. The molecular weight excluding hydrogens is 284 g/mol.